The summed E-state index contributed by atoms with van der Waals surface area (Å²) in [5, 5.41) is 0. The monoisotopic (exact) mass is 173 g/mol. The van der Waals surface area contributed by atoms with E-state index in [2.05, 4.69) is 9.26 Å². The Hall–Kier alpha value is 0.270. The Labute approximate surface area is 58.7 Å². The first-order valence-corrected chi connectivity index (χ1v) is 3.86. The van der Waals surface area contributed by atoms with E-state index in [-0.39, 0.29) is 6.79 Å². The second-order valence-electron chi connectivity index (χ2n) is 1.08. The molecule has 0 amide bonds. The van der Waals surface area contributed by atoms with Gasteiger partial charge in [-0.2, -0.15) is 0 Å². The van der Waals surface area contributed by atoms with Gasteiger partial charge in [-0.15, -0.1) is 16.5 Å². The van der Waals surface area contributed by atoms with Gasteiger partial charge in [0.15, 0.2) is 0 Å². The molecule has 9 heavy (non-hydrogen) atoms. The van der Waals surface area contributed by atoms with Gasteiger partial charge in [0.05, 0.1) is 6.61 Å². The number of rotatable bonds is 5. The van der Waals surface area contributed by atoms with Crippen molar-refractivity contribution in [2.75, 3.05) is 19.3 Å². The Bertz CT molecular complexity index is 87.9. The van der Waals surface area contributed by atoms with Crippen LogP contribution in [0.3, 0.4) is 0 Å². The lowest BCUT2D eigenvalue weighted by molar-refractivity contribution is 0.0219. The minimum absolute atomic E-state index is 0.182. The second-order valence-corrected chi connectivity index (χ2v) is 2.19. The van der Waals surface area contributed by atoms with E-state index in [0.717, 1.165) is 0 Å². The first kappa shape index (κ1) is 9.27. The van der Waals surface area contributed by atoms with Gasteiger partial charge in [0.25, 0.3) is 0 Å². The Morgan fingerprint density at radius 1 is 1.67 bits per heavy atom. The maximum atomic E-state index is 9.78. The third-order valence-corrected chi connectivity index (χ3v) is 0.949. The molecule has 0 aliphatic carbocycles. The molecule has 1 atom stereocenters. The molecule has 0 spiro atoms. The van der Waals surface area contributed by atoms with Crippen molar-refractivity contribution in [2.45, 2.75) is 0 Å². The molecule has 0 saturated carbocycles. The number of hydrogen-bond acceptors (Lipinski definition) is 3. The number of hydrogen-bond donors (Lipinski definition) is 1. The van der Waals surface area contributed by atoms with Crippen LogP contribution in [0.5, 0.6) is 0 Å². The zero-order chi connectivity index (χ0) is 7.11. The highest BCUT2D eigenvalue weighted by Crippen LogP contribution is 2.13. The average molecular weight is 174 g/mol. The number of halogens is 1. The zero-order valence-corrected chi connectivity index (χ0v) is 6.27. The van der Waals surface area contributed by atoms with Crippen molar-refractivity contribution in [3.05, 3.63) is 0 Å². The maximum Gasteiger partial charge on any atom is 0.697 e. The molecule has 54 valence electrons. The molecule has 0 fully saturated rings. The zero-order valence-electron chi connectivity index (χ0n) is 4.62. The Morgan fingerprint density at radius 3 is 2.78 bits per heavy atom. The number of ether oxygens (including phenoxy) is 1. The predicted molar refractivity (Wildman–Crippen MR) is 32.4 cm³/mol. The van der Waals surface area contributed by atoms with Gasteiger partial charge in [-0.3, -0.25) is 0 Å². The van der Waals surface area contributed by atoms with Crippen molar-refractivity contribution < 1.29 is 18.7 Å². The molecule has 0 saturated heterocycles. The summed E-state index contributed by atoms with van der Waals surface area (Å²) in [4.78, 5) is 8.03. The molecule has 0 heterocycles. The molecule has 0 bridgehead atoms. The van der Waals surface area contributed by atoms with Crippen molar-refractivity contribution >= 4 is 19.9 Å². The van der Waals surface area contributed by atoms with Crippen LogP contribution in [-0.4, -0.2) is 24.2 Å². The summed E-state index contributed by atoms with van der Waals surface area (Å²) in [5.74, 6) is 0.353. The minimum Gasteiger partial charge on any atom is -0.349 e. The van der Waals surface area contributed by atoms with Crippen molar-refractivity contribution in [2.24, 2.45) is 0 Å². The minimum atomic E-state index is -2.54. The molecule has 4 nitrogen and oxygen atoms in total. The van der Waals surface area contributed by atoms with Crippen molar-refractivity contribution in [1.82, 2.24) is 0 Å². The first-order chi connectivity index (χ1) is 4.27. The van der Waals surface area contributed by atoms with Crippen LogP contribution in [-0.2, 0) is 13.8 Å². The van der Waals surface area contributed by atoms with Crippen LogP contribution in [0.25, 0.3) is 0 Å². The molecule has 0 rings (SSSR count). The van der Waals surface area contributed by atoms with E-state index in [9.17, 15) is 4.57 Å². The molecule has 6 heteroatoms. The molecule has 0 aromatic rings. The summed E-state index contributed by atoms with van der Waals surface area (Å²) in [5.41, 5.74) is 0. The lowest BCUT2D eigenvalue weighted by Gasteiger charge is -1.91. The SMILES string of the molecule is O=[P+](O)OCOCCCl. The molecular formula is C3H7ClO4P+. The molecule has 1 N–H and O–H groups in total. The maximum absolute atomic E-state index is 9.78. The van der Waals surface area contributed by atoms with Gasteiger partial charge < -0.3 is 4.74 Å². The van der Waals surface area contributed by atoms with Crippen LogP contribution < -0.4 is 0 Å². The second kappa shape index (κ2) is 6.39. The van der Waals surface area contributed by atoms with E-state index in [0.29, 0.717) is 12.5 Å². The summed E-state index contributed by atoms with van der Waals surface area (Å²) in [6, 6.07) is 0. The van der Waals surface area contributed by atoms with Gasteiger partial charge >= 0.3 is 8.25 Å². The van der Waals surface area contributed by atoms with Gasteiger partial charge in [-0.05, 0) is 0 Å². The Morgan fingerprint density at radius 2 is 2.33 bits per heavy atom. The molecule has 0 aromatic carbocycles. The topological polar surface area (TPSA) is 55.8 Å². The van der Waals surface area contributed by atoms with Crippen LogP contribution in [0.2, 0.25) is 0 Å². The summed E-state index contributed by atoms with van der Waals surface area (Å²) in [7, 11) is -2.54. The molecular weight excluding hydrogens is 166 g/mol. The van der Waals surface area contributed by atoms with Gasteiger partial charge in [-0.1, -0.05) is 4.52 Å². The van der Waals surface area contributed by atoms with Crippen LogP contribution in [0.4, 0.5) is 0 Å². The summed E-state index contributed by atoms with van der Waals surface area (Å²) >= 11 is 5.20. The van der Waals surface area contributed by atoms with Crippen LogP contribution in [0.1, 0.15) is 0 Å². The normalized spacial score (nSPS) is 11.6. The first-order valence-electron chi connectivity index (χ1n) is 2.20. The van der Waals surface area contributed by atoms with Crippen molar-refractivity contribution in [1.29, 1.82) is 0 Å². The van der Waals surface area contributed by atoms with E-state index in [1.54, 1.807) is 0 Å². The standard InChI is InChI=1S/C3H6ClO4P/c4-1-2-7-3-8-9(5)6/h1-3H2/p+1. The highest BCUT2D eigenvalue weighted by Gasteiger charge is 2.09. The van der Waals surface area contributed by atoms with Crippen LogP contribution in [0, 0.1) is 0 Å². The van der Waals surface area contributed by atoms with Crippen molar-refractivity contribution in [3.8, 4) is 0 Å². The van der Waals surface area contributed by atoms with Gasteiger partial charge in [0.2, 0.25) is 6.79 Å². The lowest BCUT2D eigenvalue weighted by Crippen LogP contribution is -1.97. The summed E-state index contributed by atoms with van der Waals surface area (Å²) in [6.07, 6.45) is 0. The number of alkyl halides is 1. The summed E-state index contributed by atoms with van der Waals surface area (Å²) < 4.78 is 18.5. The van der Waals surface area contributed by atoms with Crippen LogP contribution in [0.15, 0.2) is 0 Å². The third-order valence-electron chi connectivity index (χ3n) is 0.468. The fraction of sp³-hybridized carbons (Fsp3) is 1.00. The van der Waals surface area contributed by atoms with E-state index in [1.165, 1.54) is 0 Å². The third kappa shape index (κ3) is 8.27. The molecule has 0 radical (unpaired) electrons. The van der Waals surface area contributed by atoms with E-state index in [4.69, 9.17) is 16.5 Å². The Kier molecular flexibility index (Phi) is 6.58. The molecule has 0 aromatic heterocycles. The van der Waals surface area contributed by atoms with Gasteiger partial charge in [-0.25, -0.2) is 0 Å². The highest BCUT2D eigenvalue weighted by molar-refractivity contribution is 7.32. The fourth-order valence-corrected chi connectivity index (χ4v) is 0.470. The quantitative estimate of drug-likeness (QED) is 0.290. The average Bonchev–Trinajstić information content (AvgIpc) is 1.80. The molecule has 1 unspecified atom stereocenters. The van der Waals surface area contributed by atoms with E-state index < -0.39 is 8.25 Å². The lowest BCUT2D eigenvalue weighted by atomic mass is 10.9. The molecule has 0 aliphatic rings. The smallest absolute Gasteiger partial charge is 0.349 e. The fourth-order valence-electron chi connectivity index (χ4n) is 0.196. The largest absolute Gasteiger partial charge is 0.697 e. The predicted octanol–water partition coefficient (Wildman–Crippen LogP) is 0.866. The van der Waals surface area contributed by atoms with E-state index >= 15 is 0 Å². The van der Waals surface area contributed by atoms with Crippen molar-refractivity contribution in [3.63, 3.8) is 0 Å². The Balaban J connectivity index is 2.83. The van der Waals surface area contributed by atoms with Crippen LogP contribution >= 0.6 is 19.9 Å². The van der Waals surface area contributed by atoms with Gasteiger partial charge in [0.1, 0.15) is 0 Å². The van der Waals surface area contributed by atoms with E-state index in [1.807, 2.05) is 0 Å². The van der Waals surface area contributed by atoms with Gasteiger partial charge in [0, 0.05) is 10.4 Å². The molecule has 0 aliphatic heterocycles. The highest BCUT2D eigenvalue weighted by atomic mass is 35.5. The summed E-state index contributed by atoms with van der Waals surface area (Å²) in [6.45, 7) is 0.142.